The van der Waals surface area contributed by atoms with Crippen LogP contribution in [-0.4, -0.2) is 27.4 Å². The molecule has 0 atom stereocenters. The third kappa shape index (κ3) is 3.14. The number of carbonyl (C=O) groups excluding carboxylic acids is 1. The Morgan fingerprint density at radius 1 is 1.44 bits per heavy atom. The normalized spacial score (nSPS) is 14.2. The van der Waals surface area contributed by atoms with Crippen molar-refractivity contribution in [1.82, 2.24) is 10.4 Å². The maximum absolute atomic E-state index is 11.5. The first-order valence-electron chi connectivity index (χ1n) is 4.88. The van der Waals surface area contributed by atoms with Gasteiger partial charge < -0.3 is 9.79 Å². The molecule has 1 aliphatic rings. The van der Waals surface area contributed by atoms with Gasteiger partial charge in [0.05, 0.1) is 5.36 Å². The van der Waals surface area contributed by atoms with E-state index >= 15 is 0 Å². The summed E-state index contributed by atoms with van der Waals surface area (Å²) >= 11 is 0. The Morgan fingerprint density at radius 2 is 2.17 bits per heavy atom. The molecule has 0 spiro atoms. The van der Waals surface area contributed by atoms with Crippen molar-refractivity contribution in [3.8, 4) is 0 Å². The molecule has 1 heterocycles. The Kier molecular flexibility index (Phi) is 3.44. The third-order valence-corrected chi connectivity index (χ3v) is 2.47. The number of rotatable bonds is 2. The van der Waals surface area contributed by atoms with E-state index in [4.69, 9.17) is 9.79 Å². The summed E-state index contributed by atoms with van der Waals surface area (Å²) in [5.74, 6) is 0. The number of fused-ring (bicyclic) bond motifs is 1. The van der Waals surface area contributed by atoms with E-state index < -0.39 is 13.9 Å². The van der Waals surface area contributed by atoms with Gasteiger partial charge in [0.25, 0.3) is 0 Å². The van der Waals surface area contributed by atoms with Crippen molar-refractivity contribution in [2.75, 3.05) is 6.67 Å². The summed E-state index contributed by atoms with van der Waals surface area (Å²) in [6.45, 7) is 0.0490. The molecule has 2 rings (SSSR count). The van der Waals surface area contributed by atoms with Gasteiger partial charge in [0, 0.05) is 11.4 Å². The van der Waals surface area contributed by atoms with Crippen LogP contribution < -0.4 is 16.1 Å². The van der Waals surface area contributed by atoms with Gasteiger partial charge in [0.1, 0.15) is 6.67 Å². The standard InChI is InChI=1S/C9H10N3O5P/c13-9(11-17-18(14,15)16)12-5-7-3-1-2-4-8(7)10-6-12/h1-5H,6H2,(H,11,13)(H2,14,15,16). The van der Waals surface area contributed by atoms with Crippen LogP contribution in [0, 0.1) is 0 Å². The Balaban J connectivity index is 2.11. The lowest BCUT2D eigenvalue weighted by Crippen LogP contribution is -2.42. The molecule has 1 aromatic carbocycles. The van der Waals surface area contributed by atoms with Gasteiger partial charge in [-0.1, -0.05) is 18.2 Å². The Bertz CT molecular complexity index is 625. The number of phosphoric acid groups is 1. The van der Waals surface area contributed by atoms with Crippen LogP contribution in [-0.2, 0) is 9.19 Å². The summed E-state index contributed by atoms with van der Waals surface area (Å²) < 4.78 is 14.3. The monoisotopic (exact) mass is 271 g/mol. The maximum Gasteiger partial charge on any atom is 0.491 e. The molecule has 0 fully saturated rings. The molecule has 1 aromatic rings. The minimum Gasteiger partial charge on any atom is -0.301 e. The predicted molar refractivity (Wildman–Crippen MR) is 60.1 cm³/mol. The molecule has 0 radical (unpaired) electrons. The first kappa shape index (κ1) is 12.7. The fourth-order valence-electron chi connectivity index (χ4n) is 1.38. The highest BCUT2D eigenvalue weighted by Crippen LogP contribution is 2.33. The van der Waals surface area contributed by atoms with Gasteiger partial charge in [-0.2, -0.15) is 4.62 Å². The first-order valence-corrected chi connectivity index (χ1v) is 6.41. The lowest BCUT2D eigenvalue weighted by atomic mass is 10.3. The quantitative estimate of drug-likeness (QED) is 0.474. The average Bonchev–Trinajstić information content (AvgIpc) is 2.34. The smallest absolute Gasteiger partial charge is 0.301 e. The number of hydrogen-bond donors (Lipinski definition) is 3. The summed E-state index contributed by atoms with van der Waals surface area (Å²) in [7, 11) is -4.74. The van der Waals surface area contributed by atoms with Crippen molar-refractivity contribution in [2.45, 2.75) is 0 Å². The molecule has 3 N–H and O–H groups in total. The zero-order valence-electron chi connectivity index (χ0n) is 9.05. The molecular weight excluding hydrogens is 261 g/mol. The van der Waals surface area contributed by atoms with Crippen LogP contribution >= 0.6 is 7.82 Å². The van der Waals surface area contributed by atoms with Crippen molar-refractivity contribution < 1.29 is 23.8 Å². The fraction of sp³-hybridized carbons (Fsp3) is 0.111. The summed E-state index contributed by atoms with van der Waals surface area (Å²) in [6, 6.07) is 6.37. The van der Waals surface area contributed by atoms with E-state index in [1.165, 1.54) is 6.20 Å². The number of nitrogens with one attached hydrogen (secondary N) is 1. The number of nitrogens with zero attached hydrogens (tertiary/aromatic N) is 2. The zero-order chi connectivity index (χ0) is 13.2. The highest BCUT2D eigenvalue weighted by molar-refractivity contribution is 7.46. The van der Waals surface area contributed by atoms with Crippen LogP contribution in [0.1, 0.15) is 0 Å². The lowest BCUT2D eigenvalue weighted by molar-refractivity contribution is 0.120. The molecule has 1 aliphatic heterocycles. The molecule has 0 aromatic heterocycles. The van der Waals surface area contributed by atoms with Gasteiger partial charge in [-0.15, -0.1) is 0 Å². The van der Waals surface area contributed by atoms with Gasteiger partial charge in [-0.25, -0.2) is 14.8 Å². The number of carbonyl (C=O) groups is 1. The number of hydroxylamine groups is 1. The zero-order valence-corrected chi connectivity index (χ0v) is 9.95. The van der Waals surface area contributed by atoms with Gasteiger partial charge in [0.2, 0.25) is 0 Å². The summed E-state index contributed by atoms with van der Waals surface area (Å²) in [5.41, 5.74) is 1.66. The third-order valence-electron chi connectivity index (χ3n) is 2.14. The molecule has 8 nitrogen and oxygen atoms in total. The average molecular weight is 271 g/mol. The van der Waals surface area contributed by atoms with Crippen molar-refractivity contribution in [3.05, 3.63) is 34.8 Å². The van der Waals surface area contributed by atoms with Crippen molar-refractivity contribution in [3.63, 3.8) is 0 Å². The van der Waals surface area contributed by atoms with Crippen molar-refractivity contribution in [1.29, 1.82) is 0 Å². The Morgan fingerprint density at radius 3 is 2.89 bits per heavy atom. The molecule has 2 amide bonds. The Hall–Kier alpha value is -1.73. The number of hydrogen-bond acceptors (Lipinski definition) is 4. The molecule has 0 saturated carbocycles. The van der Waals surface area contributed by atoms with Crippen molar-refractivity contribution in [2.24, 2.45) is 4.99 Å². The van der Waals surface area contributed by atoms with E-state index in [9.17, 15) is 9.36 Å². The van der Waals surface area contributed by atoms with E-state index in [-0.39, 0.29) is 6.67 Å². The van der Waals surface area contributed by atoms with E-state index in [1.807, 2.05) is 6.07 Å². The number of benzene rings is 1. The lowest BCUT2D eigenvalue weighted by Gasteiger charge is -2.18. The molecule has 0 aliphatic carbocycles. The second-order valence-electron chi connectivity index (χ2n) is 3.45. The highest BCUT2D eigenvalue weighted by Gasteiger charge is 2.19. The molecule has 18 heavy (non-hydrogen) atoms. The number of para-hydroxylation sites is 1. The maximum atomic E-state index is 11.5. The SMILES string of the molecule is O=C(NOP(=O)(O)O)N1C=c2ccccc2=NC1. The molecule has 96 valence electrons. The van der Waals surface area contributed by atoms with E-state index in [2.05, 4.69) is 9.62 Å². The Labute approximate surface area is 101 Å². The van der Waals surface area contributed by atoms with Gasteiger partial charge in [-0.3, -0.25) is 9.89 Å². The molecule has 0 saturated heterocycles. The largest absolute Gasteiger partial charge is 0.491 e. The minimum atomic E-state index is -4.74. The highest BCUT2D eigenvalue weighted by atomic mass is 31.2. The van der Waals surface area contributed by atoms with E-state index in [0.29, 0.717) is 0 Å². The van der Waals surface area contributed by atoms with Crippen molar-refractivity contribution >= 4 is 20.1 Å². The van der Waals surface area contributed by atoms with Crippen LogP contribution in [0.15, 0.2) is 29.3 Å². The van der Waals surface area contributed by atoms with Crippen LogP contribution in [0.5, 0.6) is 0 Å². The topological polar surface area (TPSA) is 111 Å². The van der Waals surface area contributed by atoms with Gasteiger partial charge in [-0.05, 0) is 6.07 Å². The van der Waals surface area contributed by atoms with Crippen LogP contribution in [0.4, 0.5) is 4.79 Å². The second-order valence-corrected chi connectivity index (χ2v) is 4.61. The number of urea groups is 1. The summed E-state index contributed by atoms with van der Waals surface area (Å²) in [5, 5.41) is 1.48. The van der Waals surface area contributed by atoms with Gasteiger partial charge in [0.15, 0.2) is 0 Å². The summed E-state index contributed by atoms with van der Waals surface area (Å²) in [4.78, 5) is 33.7. The molecule has 0 bridgehead atoms. The van der Waals surface area contributed by atoms with E-state index in [0.717, 1.165) is 15.5 Å². The molecule has 0 unspecified atom stereocenters. The molecular formula is C9H10N3O5P. The molecule has 9 heteroatoms. The minimum absolute atomic E-state index is 0.0490. The number of amides is 2. The van der Waals surface area contributed by atoms with Crippen LogP contribution in [0.25, 0.3) is 6.20 Å². The first-order chi connectivity index (χ1) is 8.46. The fourth-order valence-corrected chi connectivity index (χ4v) is 1.58. The van der Waals surface area contributed by atoms with E-state index in [1.54, 1.807) is 23.7 Å². The second kappa shape index (κ2) is 4.87. The van der Waals surface area contributed by atoms with Crippen LogP contribution in [0.3, 0.4) is 0 Å². The predicted octanol–water partition coefficient (Wildman–Crippen LogP) is -0.949. The van der Waals surface area contributed by atoms with Gasteiger partial charge >= 0.3 is 13.9 Å². The summed E-state index contributed by atoms with van der Waals surface area (Å²) in [6.07, 6.45) is 1.51. The van der Waals surface area contributed by atoms with Crippen LogP contribution in [0.2, 0.25) is 0 Å².